The van der Waals surface area contributed by atoms with Crippen LogP contribution in [0.2, 0.25) is 0 Å². The van der Waals surface area contributed by atoms with E-state index in [1.165, 1.54) is 18.2 Å². The van der Waals surface area contributed by atoms with Crippen molar-refractivity contribution >= 4 is 60.6 Å². The van der Waals surface area contributed by atoms with Crippen molar-refractivity contribution in [2.45, 2.75) is 9.79 Å². The molecule has 4 N–H and O–H groups in total. The Morgan fingerprint density at radius 3 is 1.85 bits per heavy atom. The van der Waals surface area contributed by atoms with Crippen LogP contribution in [0, 0.1) is 0 Å². The fraction of sp³-hybridized carbons (Fsp3) is 0. The zero-order valence-electron chi connectivity index (χ0n) is 9.31. The van der Waals surface area contributed by atoms with Crippen molar-refractivity contribution in [1.29, 1.82) is 0 Å². The minimum atomic E-state index is -4.78. The maximum atomic E-state index is 11.3. The standard InChI is InChI=1S/C10H8O6S2.Na.H2O.H/c11-17(12,13)9-6-5-7-3-1-2-4-8(7)10(9)18(14,15)16;;;/h1-6H,(H,11,12,13)(H,14,15,16);;1H2;. The van der Waals surface area contributed by atoms with Gasteiger partial charge in [0.25, 0.3) is 20.2 Å². The Morgan fingerprint density at radius 1 is 0.800 bits per heavy atom. The van der Waals surface area contributed by atoms with Gasteiger partial charge >= 0.3 is 29.6 Å². The Hall–Kier alpha value is -0.520. The number of rotatable bonds is 2. The summed E-state index contributed by atoms with van der Waals surface area (Å²) in [4.78, 5) is -1.66. The Kier molecular flexibility index (Phi) is 6.33. The molecular weight excluding hydrogens is 319 g/mol. The molecule has 0 bridgehead atoms. The van der Waals surface area contributed by atoms with Crippen molar-refractivity contribution in [2.75, 3.05) is 0 Å². The Morgan fingerprint density at radius 2 is 1.35 bits per heavy atom. The van der Waals surface area contributed by atoms with E-state index in [-0.39, 0.29) is 40.4 Å². The van der Waals surface area contributed by atoms with Crippen LogP contribution in [0.4, 0.5) is 0 Å². The number of benzene rings is 2. The van der Waals surface area contributed by atoms with Crippen LogP contribution in [0.15, 0.2) is 46.2 Å². The first kappa shape index (κ1) is 19.5. The van der Waals surface area contributed by atoms with Crippen molar-refractivity contribution in [1.82, 2.24) is 0 Å². The van der Waals surface area contributed by atoms with Gasteiger partial charge in [0.1, 0.15) is 9.79 Å². The van der Waals surface area contributed by atoms with Gasteiger partial charge in [-0.2, -0.15) is 16.8 Å². The monoisotopic (exact) mass is 330 g/mol. The molecule has 2 rings (SSSR count). The first-order chi connectivity index (χ1) is 8.21. The third-order valence-corrected chi connectivity index (χ3v) is 4.36. The summed E-state index contributed by atoms with van der Waals surface area (Å²) in [5.74, 6) is 0. The molecule has 0 radical (unpaired) electrons. The summed E-state index contributed by atoms with van der Waals surface area (Å²) in [6.45, 7) is 0. The summed E-state index contributed by atoms with van der Waals surface area (Å²) in [5, 5.41) is 0.452. The van der Waals surface area contributed by atoms with Crippen LogP contribution in [-0.4, -0.2) is 61.0 Å². The van der Waals surface area contributed by atoms with Crippen molar-refractivity contribution in [3.8, 4) is 0 Å². The van der Waals surface area contributed by atoms with Crippen molar-refractivity contribution < 1.29 is 31.4 Å². The molecule has 2 aromatic rings. The fourth-order valence-corrected chi connectivity index (χ4v) is 3.69. The molecule has 2 aromatic carbocycles. The second-order valence-corrected chi connectivity index (χ2v) is 6.31. The molecular formula is C10H11NaO7S2. The van der Waals surface area contributed by atoms with Gasteiger partial charge in [-0.25, -0.2) is 0 Å². The molecule has 0 aromatic heterocycles. The van der Waals surface area contributed by atoms with Crippen LogP contribution in [0.25, 0.3) is 10.8 Å². The fourth-order valence-electron chi connectivity index (χ4n) is 1.69. The second-order valence-electron chi connectivity index (χ2n) is 3.56. The third-order valence-electron chi connectivity index (χ3n) is 2.38. The number of hydrogen-bond donors (Lipinski definition) is 2. The van der Waals surface area contributed by atoms with E-state index in [4.69, 9.17) is 9.11 Å². The quantitative estimate of drug-likeness (QED) is 0.580. The Bertz CT molecular complexity index is 828. The van der Waals surface area contributed by atoms with E-state index in [2.05, 4.69) is 0 Å². The molecule has 0 saturated heterocycles. The summed E-state index contributed by atoms with van der Waals surface area (Å²) in [6, 6.07) is 8.28. The zero-order valence-corrected chi connectivity index (χ0v) is 10.9. The molecule has 0 heterocycles. The van der Waals surface area contributed by atoms with E-state index < -0.39 is 30.0 Å². The van der Waals surface area contributed by atoms with Crippen LogP contribution >= 0.6 is 0 Å². The van der Waals surface area contributed by atoms with Gasteiger partial charge in [-0.15, -0.1) is 0 Å². The van der Waals surface area contributed by atoms with E-state index in [1.807, 2.05) is 0 Å². The van der Waals surface area contributed by atoms with Crippen LogP contribution in [0.3, 0.4) is 0 Å². The summed E-state index contributed by atoms with van der Waals surface area (Å²) in [5.41, 5.74) is 0. The average molecular weight is 330 g/mol. The predicted octanol–water partition coefficient (Wildman–Crippen LogP) is -0.140. The Labute approximate surface area is 137 Å². The molecule has 10 heteroatoms. The van der Waals surface area contributed by atoms with Gasteiger partial charge in [0.15, 0.2) is 0 Å². The van der Waals surface area contributed by atoms with Gasteiger partial charge in [0, 0.05) is 5.39 Å². The predicted molar refractivity (Wildman–Crippen MR) is 74.3 cm³/mol. The summed E-state index contributed by atoms with van der Waals surface area (Å²) < 4.78 is 63.0. The number of fused-ring (bicyclic) bond motifs is 1. The van der Waals surface area contributed by atoms with Gasteiger partial charge in [0.05, 0.1) is 0 Å². The van der Waals surface area contributed by atoms with E-state index in [0.29, 0.717) is 5.39 Å². The first-order valence-electron chi connectivity index (χ1n) is 4.68. The van der Waals surface area contributed by atoms with E-state index in [1.54, 1.807) is 12.1 Å². The zero-order chi connectivity index (χ0) is 13.6. The summed E-state index contributed by atoms with van der Waals surface area (Å²) in [7, 11) is -9.53. The number of hydrogen-bond acceptors (Lipinski definition) is 4. The molecule has 106 valence electrons. The van der Waals surface area contributed by atoms with Crippen molar-refractivity contribution in [2.24, 2.45) is 0 Å². The van der Waals surface area contributed by atoms with E-state index in [0.717, 1.165) is 6.07 Å². The molecule has 7 nitrogen and oxygen atoms in total. The average Bonchev–Trinajstić information content (AvgIpc) is 2.24. The molecule has 0 saturated carbocycles. The molecule has 0 aliphatic carbocycles. The summed E-state index contributed by atoms with van der Waals surface area (Å²) in [6.07, 6.45) is 0. The molecule has 0 fully saturated rings. The molecule has 0 aliphatic heterocycles. The van der Waals surface area contributed by atoms with Crippen molar-refractivity contribution in [3.05, 3.63) is 36.4 Å². The summed E-state index contributed by atoms with van der Waals surface area (Å²) >= 11 is 0. The molecule has 20 heavy (non-hydrogen) atoms. The SMILES string of the molecule is O.O=S(=O)(O)c1ccc2ccccc2c1S(=O)(=O)O.[NaH]. The van der Waals surface area contributed by atoms with E-state index in [9.17, 15) is 16.8 Å². The molecule has 0 spiro atoms. The first-order valence-corrected chi connectivity index (χ1v) is 7.56. The molecule has 0 amide bonds. The minimum absolute atomic E-state index is 0. The van der Waals surface area contributed by atoms with Crippen molar-refractivity contribution in [3.63, 3.8) is 0 Å². The van der Waals surface area contributed by atoms with Gasteiger partial charge in [-0.3, -0.25) is 9.11 Å². The topological polar surface area (TPSA) is 140 Å². The van der Waals surface area contributed by atoms with Gasteiger partial charge < -0.3 is 5.48 Å². The van der Waals surface area contributed by atoms with Gasteiger partial charge in [-0.1, -0.05) is 30.3 Å². The normalized spacial score (nSPS) is 11.5. The van der Waals surface area contributed by atoms with E-state index >= 15 is 0 Å². The maximum absolute atomic E-state index is 11.3. The third kappa shape index (κ3) is 3.77. The molecule has 0 atom stereocenters. The van der Waals surface area contributed by atoms with Gasteiger partial charge in [-0.05, 0) is 11.5 Å². The molecule has 0 aliphatic rings. The molecule has 0 unspecified atom stereocenters. The van der Waals surface area contributed by atoms with Crippen LogP contribution < -0.4 is 0 Å². The van der Waals surface area contributed by atoms with Crippen LogP contribution in [-0.2, 0) is 20.2 Å². The second kappa shape index (κ2) is 6.50. The van der Waals surface area contributed by atoms with Crippen LogP contribution in [0.1, 0.15) is 0 Å². The van der Waals surface area contributed by atoms with Gasteiger partial charge in [0.2, 0.25) is 0 Å². The van der Waals surface area contributed by atoms with Crippen LogP contribution in [0.5, 0.6) is 0 Å². The Balaban J connectivity index is 0.00000180.